The predicted octanol–water partition coefficient (Wildman–Crippen LogP) is 3.06. The van der Waals surface area contributed by atoms with Crippen LogP contribution in [-0.4, -0.2) is 24.0 Å². The van der Waals surface area contributed by atoms with E-state index in [9.17, 15) is 0 Å². The molecule has 2 heteroatoms. The molecule has 4 aliphatic carbocycles. The molecule has 0 amide bonds. The van der Waals surface area contributed by atoms with Crippen LogP contribution in [0.1, 0.15) is 49.7 Å². The lowest BCUT2D eigenvalue weighted by Crippen LogP contribution is -2.93. The molecule has 0 radical (unpaired) electrons. The summed E-state index contributed by atoms with van der Waals surface area (Å²) in [5.74, 6) is 1.97. The molecule has 2 nitrogen and oxygen atoms in total. The molecule has 2 spiro atoms. The number of nitrogens with two attached hydrogens (primary N) is 1. The van der Waals surface area contributed by atoms with E-state index in [0.29, 0.717) is 10.8 Å². The summed E-state index contributed by atoms with van der Waals surface area (Å²) in [7, 11) is 0. The van der Waals surface area contributed by atoms with E-state index < -0.39 is 0 Å². The number of nitrogens with zero attached hydrogens (tertiary/aromatic N) is 1. The van der Waals surface area contributed by atoms with E-state index in [1.165, 1.54) is 51.6 Å². The fourth-order valence-corrected chi connectivity index (χ4v) is 6.93. The molecule has 5 aliphatic rings. The Balaban J connectivity index is 1.45. The molecule has 6 rings (SSSR count). The largest absolute Gasteiger partial charge is 0.399 e. The highest BCUT2D eigenvalue weighted by molar-refractivity contribution is 5.69. The van der Waals surface area contributed by atoms with Gasteiger partial charge >= 0.3 is 0 Å². The Morgan fingerprint density at radius 1 is 1.10 bits per heavy atom. The topological polar surface area (TPSA) is 29.3 Å². The number of benzene rings is 1. The van der Waals surface area contributed by atoms with E-state index >= 15 is 0 Å². The molecule has 1 saturated heterocycles. The summed E-state index contributed by atoms with van der Waals surface area (Å²) in [6.45, 7) is 2.74. The second kappa shape index (κ2) is 3.32. The van der Waals surface area contributed by atoms with Gasteiger partial charge in [0.1, 0.15) is 0 Å². The van der Waals surface area contributed by atoms with Crippen molar-refractivity contribution in [2.75, 3.05) is 18.8 Å². The lowest BCUT2D eigenvalue weighted by Gasteiger charge is -2.86. The van der Waals surface area contributed by atoms with E-state index in [1.54, 1.807) is 11.1 Å². The van der Waals surface area contributed by atoms with Gasteiger partial charge in [0.05, 0.1) is 0 Å². The lowest BCUT2D eigenvalue weighted by atomic mass is 9.23. The van der Waals surface area contributed by atoms with Gasteiger partial charge in [0, 0.05) is 35.6 Å². The summed E-state index contributed by atoms with van der Waals surface area (Å²) in [5.41, 5.74) is 11.5. The normalized spacial score (nSPS) is 46.1. The van der Waals surface area contributed by atoms with Crippen molar-refractivity contribution in [2.24, 2.45) is 11.8 Å². The maximum atomic E-state index is 6.10. The van der Waals surface area contributed by atoms with Crippen LogP contribution in [0.4, 0.5) is 5.69 Å². The molecule has 1 aromatic carbocycles. The standard InChI is InChI=1S/C19H24N2/c20-13-6-7-14-16(9-13)18-8-2-1-3-15(18)17-19(14,18)11-21(17)10-12-4-5-12/h6-7,9,12,15,17H,1-5,8,10-11,20H2. The van der Waals surface area contributed by atoms with E-state index in [0.717, 1.165) is 23.6 Å². The van der Waals surface area contributed by atoms with Crippen molar-refractivity contribution in [3.63, 3.8) is 0 Å². The minimum absolute atomic E-state index is 0.542. The summed E-state index contributed by atoms with van der Waals surface area (Å²) in [6, 6.07) is 7.70. The predicted molar refractivity (Wildman–Crippen MR) is 84.3 cm³/mol. The van der Waals surface area contributed by atoms with E-state index in [2.05, 4.69) is 23.1 Å². The molecular formula is C19H24N2. The van der Waals surface area contributed by atoms with Crippen LogP contribution in [-0.2, 0) is 10.8 Å². The van der Waals surface area contributed by atoms with Crippen molar-refractivity contribution in [2.45, 2.75) is 55.4 Å². The summed E-state index contributed by atoms with van der Waals surface area (Å²) >= 11 is 0. The molecule has 4 atom stereocenters. The summed E-state index contributed by atoms with van der Waals surface area (Å²) in [5, 5.41) is 0. The number of hydrogen-bond acceptors (Lipinski definition) is 2. The van der Waals surface area contributed by atoms with Gasteiger partial charge in [-0.3, -0.25) is 4.90 Å². The second-order valence-electron chi connectivity index (χ2n) is 8.42. The third-order valence-electron chi connectivity index (χ3n) is 7.69. The van der Waals surface area contributed by atoms with Gasteiger partial charge in [-0.25, -0.2) is 0 Å². The molecule has 2 N–H and O–H groups in total. The number of nitrogen functional groups attached to an aromatic ring is 1. The number of hydrogen-bond donors (Lipinski definition) is 1. The highest BCUT2D eigenvalue weighted by atomic mass is 15.3. The SMILES string of the molecule is Nc1ccc2c(c1)C13CCCCC1C1N(CC4CC4)CC213. The molecule has 0 bridgehead atoms. The molecule has 4 fully saturated rings. The number of fused-ring (bicyclic) bond motifs is 2. The van der Waals surface area contributed by atoms with Crippen LogP contribution < -0.4 is 5.73 Å². The van der Waals surface area contributed by atoms with Crippen LogP contribution in [0.15, 0.2) is 18.2 Å². The van der Waals surface area contributed by atoms with Crippen LogP contribution in [0.3, 0.4) is 0 Å². The summed E-state index contributed by atoms with van der Waals surface area (Å²) < 4.78 is 0. The van der Waals surface area contributed by atoms with Gasteiger partial charge in [0.15, 0.2) is 0 Å². The van der Waals surface area contributed by atoms with E-state index in [-0.39, 0.29) is 0 Å². The van der Waals surface area contributed by atoms with Crippen molar-refractivity contribution in [3.05, 3.63) is 29.3 Å². The van der Waals surface area contributed by atoms with Gasteiger partial charge in [-0.1, -0.05) is 18.9 Å². The van der Waals surface area contributed by atoms with Crippen LogP contribution in [0.2, 0.25) is 0 Å². The Bertz CT molecular complexity index is 649. The third-order valence-corrected chi connectivity index (χ3v) is 7.69. The minimum Gasteiger partial charge on any atom is -0.399 e. The van der Waals surface area contributed by atoms with Gasteiger partial charge in [0.2, 0.25) is 0 Å². The van der Waals surface area contributed by atoms with Crippen LogP contribution in [0.5, 0.6) is 0 Å². The monoisotopic (exact) mass is 280 g/mol. The molecule has 21 heavy (non-hydrogen) atoms. The fourth-order valence-electron chi connectivity index (χ4n) is 6.93. The third kappa shape index (κ3) is 1.03. The van der Waals surface area contributed by atoms with E-state index in [4.69, 9.17) is 5.73 Å². The first-order valence-corrected chi connectivity index (χ1v) is 8.92. The number of piperidine rings is 1. The highest BCUT2D eigenvalue weighted by Gasteiger charge is 2.84. The van der Waals surface area contributed by atoms with Crippen molar-refractivity contribution in [3.8, 4) is 0 Å². The molecule has 1 aliphatic heterocycles. The molecule has 3 saturated carbocycles. The van der Waals surface area contributed by atoms with E-state index in [1.807, 2.05) is 0 Å². The molecule has 4 unspecified atom stereocenters. The van der Waals surface area contributed by atoms with Crippen molar-refractivity contribution < 1.29 is 0 Å². The van der Waals surface area contributed by atoms with Crippen molar-refractivity contribution >= 4 is 5.69 Å². The Morgan fingerprint density at radius 3 is 2.86 bits per heavy atom. The fraction of sp³-hybridized carbons (Fsp3) is 0.684. The average molecular weight is 280 g/mol. The van der Waals surface area contributed by atoms with Crippen LogP contribution in [0.25, 0.3) is 0 Å². The first-order chi connectivity index (χ1) is 10.3. The zero-order valence-electron chi connectivity index (χ0n) is 12.6. The molecule has 0 aromatic heterocycles. The number of rotatable bonds is 2. The van der Waals surface area contributed by atoms with Gasteiger partial charge in [0.25, 0.3) is 0 Å². The van der Waals surface area contributed by atoms with Gasteiger partial charge in [-0.15, -0.1) is 0 Å². The molecule has 110 valence electrons. The minimum atomic E-state index is 0.542. The molecule has 1 aromatic rings. The maximum absolute atomic E-state index is 6.10. The smallest absolute Gasteiger partial charge is 0.0342 e. The first kappa shape index (κ1) is 11.5. The Morgan fingerprint density at radius 2 is 2.00 bits per heavy atom. The zero-order valence-corrected chi connectivity index (χ0v) is 12.6. The number of likely N-dealkylation sites (tertiary alicyclic amines) is 1. The highest BCUT2D eigenvalue weighted by Crippen LogP contribution is 2.80. The Hall–Kier alpha value is -1.02. The lowest BCUT2D eigenvalue weighted by molar-refractivity contribution is -0.249. The summed E-state index contributed by atoms with van der Waals surface area (Å²) in [6.07, 6.45) is 8.75. The van der Waals surface area contributed by atoms with Gasteiger partial charge in [-0.05, 0) is 60.8 Å². The van der Waals surface area contributed by atoms with Crippen molar-refractivity contribution in [1.29, 1.82) is 0 Å². The number of anilines is 1. The molecule has 1 heterocycles. The second-order valence-corrected chi connectivity index (χ2v) is 8.42. The summed E-state index contributed by atoms with van der Waals surface area (Å²) in [4.78, 5) is 2.85. The quantitative estimate of drug-likeness (QED) is 0.844. The first-order valence-electron chi connectivity index (χ1n) is 8.92. The Kier molecular flexibility index (Phi) is 1.82. The van der Waals surface area contributed by atoms with Gasteiger partial charge in [-0.2, -0.15) is 0 Å². The van der Waals surface area contributed by atoms with Gasteiger partial charge < -0.3 is 5.73 Å². The molecular weight excluding hydrogens is 256 g/mol. The average Bonchev–Trinajstić information content (AvgIpc) is 3.27. The Labute approximate surface area is 126 Å². The zero-order chi connectivity index (χ0) is 13.8. The van der Waals surface area contributed by atoms with Crippen LogP contribution >= 0.6 is 0 Å². The van der Waals surface area contributed by atoms with Crippen molar-refractivity contribution in [1.82, 2.24) is 4.90 Å². The van der Waals surface area contributed by atoms with Crippen LogP contribution in [0, 0.1) is 11.8 Å². The maximum Gasteiger partial charge on any atom is 0.0342 e.